The van der Waals surface area contributed by atoms with Gasteiger partial charge in [0.05, 0.1) is 33.9 Å². The molecule has 1 N–H and O–H groups in total. The van der Waals surface area contributed by atoms with Crippen LogP contribution in [0.1, 0.15) is 5.82 Å². The second kappa shape index (κ2) is 7.37. The number of carbonyl (C=O) groups is 1. The Hall–Kier alpha value is -2.70. The monoisotopic (exact) mass is 403 g/mol. The molecule has 138 valence electrons. The molecule has 0 fully saturated rings. The number of aromatic nitrogens is 2. The lowest BCUT2D eigenvalue weighted by Gasteiger charge is -2.31. The van der Waals surface area contributed by atoms with E-state index in [-0.39, 0.29) is 5.91 Å². The van der Waals surface area contributed by atoms with E-state index in [9.17, 15) is 4.79 Å². The minimum Gasteiger partial charge on any atom is -0.341 e. The molecular weight excluding hydrogens is 386 g/mol. The van der Waals surface area contributed by atoms with Crippen LogP contribution in [0.3, 0.4) is 0 Å². The van der Waals surface area contributed by atoms with E-state index in [0.717, 1.165) is 38.0 Å². The summed E-state index contributed by atoms with van der Waals surface area (Å²) in [6, 6.07) is 24.1. The van der Waals surface area contributed by atoms with Crippen LogP contribution in [0.15, 0.2) is 82.6 Å². The third kappa shape index (κ3) is 3.19. The molecule has 0 aliphatic carbocycles. The smallest absolute Gasteiger partial charge is 0.241 e. The number of H-pyrrole nitrogens is 1. The quantitative estimate of drug-likeness (QED) is 0.480. The van der Waals surface area contributed by atoms with E-state index in [1.807, 2.05) is 65.6 Å². The van der Waals surface area contributed by atoms with E-state index in [0.29, 0.717) is 11.5 Å². The molecule has 0 bridgehead atoms. The Morgan fingerprint density at radius 3 is 2.29 bits per heavy atom. The second-order valence-electron chi connectivity index (χ2n) is 6.46. The number of anilines is 2. The minimum absolute atomic E-state index is 0.0845. The topological polar surface area (TPSA) is 49.0 Å². The van der Waals surface area contributed by atoms with Gasteiger partial charge in [-0.05, 0) is 36.4 Å². The molecule has 1 aliphatic rings. The largest absolute Gasteiger partial charge is 0.341 e. The first-order chi connectivity index (χ1) is 13.8. The van der Waals surface area contributed by atoms with Crippen molar-refractivity contribution in [1.82, 2.24) is 9.97 Å². The first-order valence-electron chi connectivity index (χ1n) is 9.00. The number of nitrogens with zero attached hydrogens (tertiary/aromatic N) is 2. The van der Waals surface area contributed by atoms with Gasteiger partial charge in [-0.1, -0.05) is 48.2 Å². The fourth-order valence-corrected chi connectivity index (χ4v) is 5.14. The van der Waals surface area contributed by atoms with E-state index in [4.69, 9.17) is 0 Å². The zero-order valence-corrected chi connectivity index (χ0v) is 16.6. The molecule has 6 heteroatoms. The predicted octanol–water partition coefficient (Wildman–Crippen LogP) is 5.63. The number of nitrogens with one attached hydrogen (secondary N) is 1. The van der Waals surface area contributed by atoms with Crippen LogP contribution < -0.4 is 4.90 Å². The minimum atomic E-state index is 0.0845. The average Bonchev–Trinajstić information content (AvgIpc) is 3.14. The van der Waals surface area contributed by atoms with E-state index < -0.39 is 0 Å². The van der Waals surface area contributed by atoms with Crippen molar-refractivity contribution in [3.05, 3.63) is 78.6 Å². The number of imidazole rings is 1. The number of hydrogen-bond acceptors (Lipinski definition) is 4. The highest BCUT2D eigenvalue weighted by Crippen LogP contribution is 2.48. The molecular formula is C22H17N3OS2. The second-order valence-corrected chi connectivity index (χ2v) is 8.53. The maximum Gasteiger partial charge on any atom is 0.241 e. The molecule has 0 radical (unpaired) electrons. The summed E-state index contributed by atoms with van der Waals surface area (Å²) in [5.41, 5.74) is 3.90. The van der Waals surface area contributed by atoms with E-state index >= 15 is 0 Å². The van der Waals surface area contributed by atoms with Crippen LogP contribution in [-0.4, -0.2) is 21.6 Å². The molecule has 0 saturated carbocycles. The number of para-hydroxylation sites is 4. The summed E-state index contributed by atoms with van der Waals surface area (Å²) in [6.45, 7) is 0. The summed E-state index contributed by atoms with van der Waals surface area (Å²) in [5.74, 6) is 2.05. The summed E-state index contributed by atoms with van der Waals surface area (Å²) in [7, 11) is 0. The number of aromatic amines is 1. The summed E-state index contributed by atoms with van der Waals surface area (Å²) >= 11 is 3.29. The Bertz CT molecular complexity index is 1090. The Kier molecular flexibility index (Phi) is 4.58. The van der Waals surface area contributed by atoms with Crippen molar-refractivity contribution >= 4 is 51.8 Å². The highest BCUT2D eigenvalue weighted by molar-refractivity contribution is 8.00. The molecule has 4 aromatic rings. The van der Waals surface area contributed by atoms with E-state index in [2.05, 4.69) is 22.1 Å². The van der Waals surface area contributed by atoms with Crippen molar-refractivity contribution in [2.75, 3.05) is 10.7 Å². The van der Waals surface area contributed by atoms with Crippen LogP contribution in [-0.2, 0) is 10.5 Å². The van der Waals surface area contributed by atoms with Crippen molar-refractivity contribution in [2.24, 2.45) is 0 Å². The van der Waals surface area contributed by atoms with Crippen LogP contribution in [0.2, 0.25) is 0 Å². The lowest BCUT2D eigenvalue weighted by Crippen LogP contribution is -2.30. The molecule has 3 aromatic carbocycles. The molecule has 1 aromatic heterocycles. The van der Waals surface area contributed by atoms with Gasteiger partial charge in [0.15, 0.2) is 0 Å². The van der Waals surface area contributed by atoms with Crippen molar-refractivity contribution in [2.45, 2.75) is 15.5 Å². The zero-order valence-electron chi connectivity index (χ0n) is 15.0. The molecule has 2 heterocycles. The predicted molar refractivity (Wildman–Crippen MR) is 116 cm³/mol. The highest BCUT2D eigenvalue weighted by atomic mass is 32.2. The van der Waals surface area contributed by atoms with Crippen LogP contribution in [0.5, 0.6) is 0 Å². The SMILES string of the molecule is O=C(CSCc1nc2ccccc2[nH]1)N1c2ccccc2Sc2ccccc21. The Labute approximate surface area is 171 Å². The van der Waals surface area contributed by atoms with E-state index in [1.165, 1.54) is 0 Å². The van der Waals surface area contributed by atoms with Gasteiger partial charge in [-0.2, -0.15) is 0 Å². The van der Waals surface area contributed by atoms with Crippen LogP contribution in [0.4, 0.5) is 11.4 Å². The lowest BCUT2D eigenvalue weighted by atomic mass is 10.2. The van der Waals surface area contributed by atoms with Gasteiger partial charge >= 0.3 is 0 Å². The van der Waals surface area contributed by atoms with Crippen LogP contribution >= 0.6 is 23.5 Å². The summed E-state index contributed by atoms with van der Waals surface area (Å²) in [4.78, 5) is 25.1. The number of thioether (sulfide) groups is 1. The van der Waals surface area contributed by atoms with Gasteiger partial charge in [-0.3, -0.25) is 9.69 Å². The van der Waals surface area contributed by atoms with Crippen LogP contribution in [0.25, 0.3) is 11.0 Å². The van der Waals surface area contributed by atoms with Gasteiger partial charge in [-0.15, -0.1) is 11.8 Å². The van der Waals surface area contributed by atoms with Crippen LogP contribution in [0, 0.1) is 0 Å². The number of rotatable bonds is 4. The van der Waals surface area contributed by atoms with Crippen molar-refractivity contribution in [3.63, 3.8) is 0 Å². The first kappa shape index (κ1) is 17.4. The molecule has 1 amide bonds. The Morgan fingerprint density at radius 1 is 0.929 bits per heavy atom. The third-order valence-corrected chi connectivity index (χ3v) is 6.64. The maximum atomic E-state index is 13.2. The lowest BCUT2D eigenvalue weighted by molar-refractivity contribution is -0.115. The molecule has 0 atom stereocenters. The standard InChI is InChI=1S/C22H17N3OS2/c26-22(14-27-13-21-23-15-7-1-2-8-16(15)24-21)25-17-9-3-5-11-19(17)28-20-12-6-4-10-18(20)25/h1-12H,13-14H2,(H,23,24). The number of amides is 1. The summed E-state index contributed by atoms with van der Waals surface area (Å²) in [5, 5.41) is 0. The Balaban J connectivity index is 1.35. The van der Waals surface area contributed by atoms with Gasteiger partial charge < -0.3 is 4.98 Å². The van der Waals surface area contributed by atoms with Gasteiger partial charge in [-0.25, -0.2) is 4.98 Å². The maximum absolute atomic E-state index is 13.2. The third-order valence-electron chi connectivity index (χ3n) is 4.58. The van der Waals surface area contributed by atoms with E-state index in [1.54, 1.807) is 23.5 Å². The molecule has 0 saturated heterocycles. The zero-order chi connectivity index (χ0) is 18.9. The normalized spacial score (nSPS) is 12.6. The first-order valence-corrected chi connectivity index (χ1v) is 11.0. The molecule has 0 unspecified atom stereocenters. The van der Waals surface area contributed by atoms with Gasteiger partial charge in [0, 0.05) is 9.79 Å². The highest BCUT2D eigenvalue weighted by Gasteiger charge is 2.27. The van der Waals surface area contributed by atoms with Gasteiger partial charge in [0.2, 0.25) is 5.91 Å². The number of fused-ring (bicyclic) bond motifs is 3. The molecule has 28 heavy (non-hydrogen) atoms. The summed E-state index contributed by atoms with van der Waals surface area (Å²) < 4.78 is 0. The van der Waals surface area contributed by atoms with Crippen molar-refractivity contribution in [3.8, 4) is 0 Å². The number of benzene rings is 3. The van der Waals surface area contributed by atoms with Crippen molar-refractivity contribution in [1.29, 1.82) is 0 Å². The molecule has 0 spiro atoms. The van der Waals surface area contributed by atoms with Gasteiger partial charge in [0.1, 0.15) is 5.82 Å². The number of carbonyl (C=O) groups excluding carboxylic acids is 1. The Morgan fingerprint density at radius 2 is 1.57 bits per heavy atom. The summed E-state index contributed by atoms with van der Waals surface area (Å²) in [6.07, 6.45) is 0. The molecule has 1 aliphatic heterocycles. The van der Waals surface area contributed by atoms with Crippen molar-refractivity contribution < 1.29 is 4.79 Å². The molecule has 5 rings (SSSR count). The fourth-order valence-electron chi connectivity index (χ4n) is 3.35. The fraction of sp³-hybridized carbons (Fsp3) is 0.0909. The molecule has 4 nitrogen and oxygen atoms in total. The van der Waals surface area contributed by atoms with Gasteiger partial charge in [0.25, 0.3) is 0 Å². The average molecular weight is 404 g/mol. The number of hydrogen-bond donors (Lipinski definition) is 1.